The standard InChI is InChI=1S/C39H74NO5.ClH/c1-4-6-8-10-12-14-16-18-20-22-24-26-28-30-38(42)44-36-33-40(3,32-35-41)34-37-45-39(43)31-29-27-25-23-21-19-17-15-13-11-9-7-5-2;/h14-17,41H,4-13,18-37H2,1-3H3;1H/q+1;/p-1/b16-14-,17-15-;. The monoisotopic (exact) mass is 672 g/mol. The summed E-state index contributed by atoms with van der Waals surface area (Å²) in [5.41, 5.74) is 0. The number of rotatable bonds is 34. The first-order valence-electron chi connectivity index (χ1n) is 19.0. The van der Waals surface area contributed by atoms with Gasteiger partial charge in [-0.2, -0.15) is 0 Å². The number of likely N-dealkylation sites (N-methyl/N-ethyl adjacent to an activating group) is 1. The van der Waals surface area contributed by atoms with Gasteiger partial charge in [-0.25, -0.2) is 0 Å². The minimum Gasteiger partial charge on any atom is -1.00 e. The van der Waals surface area contributed by atoms with Crippen LogP contribution in [-0.2, 0) is 19.1 Å². The zero-order valence-electron chi connectivity index (χ0n) is 30.4. The fraction of sp³-hybridized carbons (Fsp3) is 0.846. The molecule has 272 valence electrons. The molecule has 46 heavy (non-hydrogen) atoms. The van der Waals surface area contributed by atoms with Gasteiger partial charge in [0.2, 0.25) is 0 Å². The molecule has 0 spiro atoms. The van der Waals surface area contributed by atoms with Crippen LogP contribution in [0.1, 0.15) is 168 Å². The summed E-state index contributed by atoms with van der Waals surface area (Å²) in [6.45, 7) is 6.93. The van der Waals surface area contributed by atoms with Gasteiger partial charge in [-0.15, -0.1) is 0 Å². The molecule has 0 fully saturated rings. The lowest BCUT2D eigenvalue weighted by Crippen LogP contribution is -3.00. The Kier molecular flexibility index (Phi) is 37.1. The largest absolute Gasteiger partial charge is 1.00 e. The number of hydrogen-bond acceptors (Lipinski definition) is 5. The fourth-order valence-corrected chi connectivity index (χ4v) is 5.45. The summed E-state index contributed by atoms with van der Waals surface area (Å²) in [5, 5.41) is 9.55. The third-order valence-corrected chi connectivity index (χ3v) is 8.71. The Morgan fingerprint density at radius 2 is 0.848 bits per heavy atom. The molecule has 6 nitrogen and oxygen atoms in total. The SMILES string of the molecule is CCCCCC/C=C\CCCCCCCC(=O)OCC[N+](C)(CCO)CCOC(=O)CCCCCCC/C=C\CCCCCC.[Cl-]. The van der Waals surface area contributed by atoms with E-state index in [1.165, 1.54) is 103 Å². The first-order valence-corrected chi connectivity index (χ1v) is 19.0. The van der Waals surface area contributed by atoms with Crippen LogP contribution in [0.5, 0.6) is 0 Å². The molecule has 0 unspecified atom stereocenters. The van der Waals surface area contributed by atoms with Gasteiger partial charge in [0.05, 0.1) is 13.7 Å². The average Bonchev–Trinajstić information content (AvgIpc) is 3.02. The van der Waals surface area contributed by atoms with Crippen molar-refractivity contribution in [2.75, 3.05) is 46.5 Å². The van der Waals surface area contributed by atoms with Crippen LogP contribution in [-0.4, -0.2) is 68.0 Å². The van der Waals surface area contributed by atoms with Gasteiger partial charge < -0.3 is 31.5 Å². The van der Waals surface area contributed by atoms with E-state index in [-0.39, 0.29) is 31.0 Å². The molecule has 0 heterocycles. The topological polar surface area (TPSA) is 72.8 Å². The lowest BCUT2D eigenvalue weighted by molar-refractivity contribution is -0.910. The summed E-state index contributed by atoms with van der Waals surface area (Å²) in [5.74, 6) is -0.283. The van der Waals surface area contributed by atoms with Crippen molar-refractivity contribution in [3.63, 3.8) is 0 Å². The van der Waals surface area contributed by atoms with Crippen molar-refractivity contribution < 1.29 is 41.1 Å². The lowest BCUT2D eigenvalue weighted by atomic mass is 10.1. The Morgan fingerprint density at radius 1 is 0.522 bits per heavy atom. The minimum absolute atomic E-state index is 0. The predicted octanol–water partition coefficient (Wildman–Crippen LogP) is 7.03. The summed E-state index contributed by atoms with van der Waals surface area (Å²) in [7, 11) is 2.02. The second-order valence-electron chi connectivity index (χ2n) is 13.2. The van der Waals surface area contributed by atoms with Crippen molar-refractivity contribution in [3.8, 4) is 0 Å². The Bertz CT molecular complexity index is 673. The highest BCUT2D eigenvalue weighted by Crippen LogP contribution is 2.12. The normalized spacial score (nSPS) is 11.7. The molecule has 0 amide bonds. The third-order valence-electron chi connectivity index (χ3n) is 8.71. The highest BCUT2D eigenvalue weighted by Gasteiger charge is 2.22. The number of carbonyl (C=O) groups excluding carboxylic acids is 2. The molecule has 7 heteroatoms. The van der Waals surface area contributed by atoms with Gasteiger partial charge >= 0.3 is 11.9 Å². The molecule has 0 saturated heterocycles. The second-order valence-corrected chi connectivity index (χ2v) is 13.2. The Labute approximate surface area is 291 Å². The number of nitrogens with zero attached hydrogens (tertiary/aromatic N) is 1. The van der Waals surface area contributed by atoms with E-state index in [0.29, 0.717) is 50.2 Å². The number of quaternary nitrogens is 1. The zero-order chi connectivity index (χ0) is 33.1. The molecule has 0 aliphatic heterocycles. The molecule has 0 radical (unpaired) electrons. The number of ether oxygens (including phenoxy) is 2. The third kappa shape index (κ3) is 34.0. The molecule has 0 aromatic rings. The second kappa shape index (κ2) is 36.5. The van der Waals surface area contributed by atoms with Crippen molar-refractivity contribution in [3.05, 3.63) is 24.3 Å². The molecule has 0 saturated carbocycles. The van der Waals surface area contributed by atoms with Crippen LogP contribution in [0.25, 0.3) is 0 Å². The van der Waals surface area contributed by atoms with Gasteiger partial charge in [-0.05, 0) is 64.2 Å². The van der Waals surface area contributed by atoms with Crippen molar-refractivity contribution in [2.45, 2.75) is 168 Å². The van der Waals surface area contributed by atoms with E-state index < -0.39 is 0 Å². The maximum Gasteiger partial charge on any atom is 0.305 e. The maximum atomic E-state index is 12.2. The number of hydrogen-bond donors (Lipinski definition) is 1. The molecule has 0 aliphatic carbocycles. The summed E-state index contributed by atoms with van der Waals surface area (Å²) in [6, 6.07) is 0. The molecular formula is C39H74ClNO5. The molecule has 0 rings (SSSR count). The van der Waals surface area contributed by atoms with Gasteiger partial charge in [0.1, 0.15) is 32.8 Å². The first kappa shape index (κ1) is 46.7. The van der Waals surface area contributed by atoms with Gasteiger partial charge in [0, 0.05) is 12.8 Å². The molecule has 0 aliphatic rings. The molecule has 0 bridgehead atoms. The molecule has 1 N–H and O–H groups in total. The van der Waals surface area contributed by atoms with E-state index in [0.717, 1.165) is 38.5 Å². The summed E-state index contributed by atoms with van der Waals surface area (Å²) >= 11 is 0. The molecular weight excluding hydrogens is 598 g/mol. The van der Waals surface area contributed by atoms with E-state index in [9.17, 15) is 14.7 Å². The number of aliphatic hydroxyl groups is 1. The van der Waals surface area contributed by atoms with E-state index in [4.69, 9.17) is 9.47 Å². The summed E-state index contributed by atoms with van der Waals surface area (Å²) < 4.78 is 11.5. The molecule has 0 aromatic carbocycles. The van der Waals surface area contributed by atoms with Gasteiger partial charge in [-0.1, -0.05) is 115 Å². The maximum absolute atomic E-state index is 12.2. The van der Waals surface area contributed by atoms with Crippen molar-refractivity contribution in [1.82, 2.24) is 0 Å². The van der Waals surface area contributed by atoms with Crippen LogP contribution < -0.4 is 12.4 Å². The number of esters is 2. The van der Waals surface area contributed by atoms with Crippen LogP contribution in [0.15, 0.2) is 24.3 Å². The highest BCUT2D eigenvalue weighted by molar-refractivity contribution is 5.69. The van der Waals surface area contributed by atoms with Crippen molar-refractivity contribution in [2.24, 2.45) is 0 Å². The van der Waals surface area contributed by atoms with Crippen LogP contribution in [0.2, 0.25) is 0 Å². The number of unbranched alkanes of at least 4 members (excludes halogenated alkanes) is 18. The zero-order valence-corrected chi connectivity index (χ0v) is 31.2. The fourth-order valence-electron chi connectivity index (χ4n) is 5.45. The average molecular weight is 672 g/mol. The van der Waals surface area contributed by atoms with Crippen LogP contribution >= 0.6 is 0 Å². The smallest absolute Gasteiger partial charge is 0.305 e. The van der Waals surface area contributed by atoms with E-state index >= 15 is 0 Å². The van der Waals surface area contributed by atoms with E-state index in [1.54, 1.807) is 0 Å². The van der Waals surface area contributed by atoms with Crippen molar-refractivity contribution in [1.29, 1.82) is 0 Å². The lowest BCUT2D eigenvalue weighted by Gasteiger charge is -2.33. The predicted molar refractivity (Wildman–Crippen MR) is 190 cm³/mol. The molecule has 0 aromatic heterocycles. The van der Waals surface area contributed by atoms with Crippen molar-refractivity contribution >= 4 is 11.9 Å². The Balaban J connectivity index is 0. The molecule has 0 atom stereocenters. The Hall–Kier alpha value is -1.37. The van der Waals surface area contributed by atoms with Crippen LogP contribution in [0.4, 0.5) is 0 Å². The Morgan fingerprint density at radius 3 is 1.20 bits per heavy atom. The minimum atomic E-state index is -0.141. The van der Waals surface area contributed by atoms with Gasteiger partial charge in [0.15, 0.2) is 0 Å². The number of carbonyl (C=O) groups is 2. The summed E-state index contributed by atoms with van der Waals surface area (Å²) in [4.78, 5) is 24.4. The van der Waals surface area contributed by atoms with Crippen LogP contribution in [0.3, 0.4) is 0 Å². The van der Waals surface area contributed by atoms with E-state index in [1.807, 2.05) is 7.05 Å². The number of allylic oxidation sites excluding steroid dienone is 4. The first-order chi connectivity index (χ1) is 22.0. The van der Waals surface area contributed by atoms with Crippen LogP contribution in [0, 0.1) is 0 Å². The van der Waals surface area contributed by atoms with Gasteiger partial charge in [0.25, 0.3) is 0 Å². The summed E-state index contributed by atoms with van der Waals surface area (Å²) in [6.07, 6.45) is 36.7. The van der Waals surface area contributed by atoms with E-state index in [2.05, 4.69) is 38.2 Å². The number of aliphatic hydroxyl groups excluding tert-OH is 1. The highest BCUT2D eigenvalue weighted by atomic mass is 35.5. The number of halogens is 1. The quantitative estimate of drug-likeness (QED) is 0.0344. The van der Waals surface area contributed by atoms with Gasteiger partial charge in [-0.3, -0.25) is 9.59 Å².